The molecule has 1 aromatic carbocycles. The van der Waals surface area contributed by atoms with Gasteiger partial charge in [0.2, 0.25) is 5.91 Å². The van der Waals surface area contributed by atoms with E-state index < -0.39 is 0 Å². The Bertz CT molecular complexity index is 769. The number of hydrogen-bond acceptors (Lipinski definition) is 4. The molecular formula is C19H23ClFN3OS. The fraction of sp³-hybridized carbons (Fsp3) is 0.421. The van der Waals surface area contributed by atoms with Crippen LogP contribution in [-0.2, 0) is 17.8 Å². The lowest BCUT2D eigenvalue weighted by Gasteiger charge is -2.37. The van der Waals surface area contributed by atoms with E-state index in [4.69, 9.17) is 0 Å². The van der Waals surface area contributed by atoms with Crippen LogP contribution in [0.5, 0.6) is 0 Å². The lowest BCUT2D eigenvalue weighted by atomic mass is 10.0. The number of carbonyl (C=O) groups excluding carboxylic acids is 1. The second-order valence-electron chi connectivity index (χ2n) is 6.68. The maximum atomic E-state index is 13.6. The topological polar surface area (TPSA) is 35.6 Å². The van der Waals surface area contributed by atoms with Crippen molar-refractivity contribution in [1.29, 1.82) is 0 Å². The number of thiophene rings is 1. The Labute approximate surface area is 163 Å². The Morgan fingerprint density at radius 2 is 2.19 bits per heavy atom. The van der Waals surface area contributed by atoms with Crippen LogP contribution in [0.15, 0.2) is 35.7 Å². The molecule has 4 rings (SSSR count). The highest BCUT2D eigenvalue weighted by Crippen LogP contribution is 2.26. The number of amides is 1. The van der Waals surface area contributed by atoms with Crippen molar-refractivity contribution in [3.8, 4) is 0 Å². The average molecular weight is 396 g/mol. The van der Waals surface area contributed by atoms with Crippen LogP contribution in [-0.4, -0.2) is 48.4 Å². The summed E-state index contributed by atoms with van der Waals surface area (Å²) in [5.41, 5.74) is 2.21. The Morgan fingerprint density at radius 3 is 3.04 bits per heavy atom. The van der Waals surface area contributed by atoms with E-state index >= 15 is 0 Å². The van der Waals surface area contributed by atoms with E-state index in [-0.39, 0.29) is 30.2 Å². The number of benzene rings is 1. The first-order valence-electron chi connectivity index (χ1n) is 8.74. The number of nitrogens with one attached hydrogen (secondary N) is 1. The zero-order valence-electron chi connectivity index (χ0n) is 14.5. The summed E-state index contributed by atoms with van der Waals surface area (Å²) in [7, 11) is 0. The summed E-state index contributed by atoms with van der Waals surface area (Å²) in [6, 6.07) is 8.88. The second kappa shape index (κ2) is 8.48. The van der Waals surface area contributed by atoms with Crippen molar-refractivity contribution < 1.29 is 9.18 Å². The molecule has 7 heteroatoms. The number of carbonyl (C=O) groups is 1. The summed E-state index contributed by atoms with van der Waals surface area (Å²) in [5.74, 6) is -0.0597. The highest BCUT2D eigenvalue weighted by Gasteiger charge is 2.29. The molecule has 1 saturated heterocycles. The summed E-state index contributed by atoms with van der Waals surface area (Å²) in [6.07, 6.45) is 0.952. The minimum atomic E-state index is -0.227. The van der Waals surface area contributed by atoms with E-state index in [2.05, 4.69) is 21.7 Å². The van der Waals surface area contributed by atoms with Crippen LogP contribution in [0.1, 0.15) is 22.0 Å². The normalized spacial score (nSPS) is 20.3. The predicted octanol–water partition coefficient (Wildman–Crippen LogP) is 2.84. The number of fused-ring (bicyclic) bond motifs is 1. The Hall–Kier alpha value is -1.47. The standard InChI is InChI=1S/C19H22FN3OS.ClH/c20-16-3-1-2-14(10-16)17-11-21-6-8-22(17)13-19(24)23-7-4-18-15(12-23)5-9-25-18;/h1-3,5,9-10,17,21H,4,6-8,11-13H2;1H. The van der Waals surface area contributed by atoms with Crippen LogP contribution >= 0.6 is 23.7 Å². The first kappa shape index (κ1) is 19.3. The highest BCUT2D eigenvalue weighted by atomic mass is 35.5. The van der Waals surface area contributed by atoms with Gasteiger partial charge in [0.05, 0.1) is 6.54 Å². The molecule has 140 valence electrons. The third-order valence-electron chi connectivity index (χ3n) is 5.09. The van der Waals surface area contributed by atoms with Crippen molar-refractivity contribution in [2.75, 3.05) is 32.7 Å². The van der Waals surface area contributed by atoms with Crippen LogP contribution in [0.2, 0.25) is 0 Å². The van der Waals surface area contributed by atoms with Gasteiger partial charge in [-0.05, 0) is 41.1 Å². The van der Waals surface area contributed by atoms with Gasteiger partial charge in [0.1, 0.15) is 5.82 Å². The minimum Gasteiger partial charge on any atom is -0.337 e. The molecule has 1 unspecified atom stereocenters. The van der Waals surface area contributed by atoms with E-state index in [0.29, 0.717) is 13.1 Å². The zero-order valence-corrected chi connectivity index (χ0v) is 16.1. The summed E-state index contributed by atoms with van der Waals surface area (Å²) < 4.78 is 13.6. The smallest absolute Gasteiger partial charge is 0.237 e. The zero-order chi connectivity index (χ0) is 17.2. The second-order valence-corrected chi connectivity index (χ2v) is 7.68. The fourth-order valence-electron chi connectivity index (χ4n) is 3.71. The van der Waals surface area contributed by atoms with Crippen LogP contribution in [0, 0.1) is 5.82 Å². The van der Waals surface area contributed by atoms with Crippen molar-refractivity contribution in [2.45, 2.75) is 19.0 Å². The molecule has 26 heavy (non-hydrogen) atoms. The molecule has 0 bridgehead atoms. The van der Waals surface area contributed by atoms with E-state index in [1.54, 1.807) is 23.5 Å². The summed E-state index contributed by atoms with van der Waals surface area (Å²) in [4.78, 5) is 18.4. The van der Waals surface area contributed by atoms with Gasteiger partial charge in [0.15, 0.2) is 0 Å². The van der Waals surface area contributed by atoms with Crippen LogP contribution < -0.4 is 5.32 Å². The molecule has 1 aromatic heterocycles. The molecule has 1 fully saturated rings. The Balaban J connectivity index is 0.00000196. The van der Waals surface area contributed by atoms with E-state index in [9.17, 15) is 9.18 Å². The monoisotopic (exact) mass is 395 g/mol. The molecule has 3 heterocycles. The molecule has 0 radical (unpaired) electrons. The number of hydrogen-bond donors (Lipinski definition) is 1. The summed E-state index contributed by atoms with van der Waals surface area (Å²) in [5, 5.41) is 5.46. The third kappa shape index (κ3) is 4.09. The van der Waals surface area contributed by atoms with Crippen molar-refractivity contribution in [3.63, 3.8) is 0 Å². The quantitative estimate of drug-likeness (QED) is 0.868. The predicted molar refractivity (Wildman–Crippen MR) is 104 cm³/mol. The van der Waals surface area contributed by atoms with Gasteiger partial charge in [-0.3, -0.25) is 9.69 Å². The maximum Gasteiger partial charge on any atom is 0.237 e. The molecule has 1 amide bonds. The van der Waals surface area contributed by atoms with Crippen LogP contribution in [0.25, 0.3) is 0 Å². The van der Waals surface area contributed by atoms with Gasteiger partial charge >= 0.3 is 0 Å². The molecule has 4 nitrogen and oxygen atoms in total. The first-order chi connectivity index (χ1) is 12.2. The van der Waals surface area contributed by atoms with E-state index in [1.165, 1.54) is 16.5 Å². The van der Waals surface area contributed by atoms with Crippen molar-refractivity contribution in [1.82, 2.24) is 15.1 Å². The largest absolute Gasteiger partial charge is 0.337 e. The minimum absolute atomic E-state index is 0. The van der Waals surface area contributed by atoms with E-state index in [1.807, 2.05) is 11.0 Å². The highest BCUT2D eigenvalue weighted by molar-refractivity contribution is 7.10. The molecule has 0 saturated carbocycles. The van der Waals surface area contributed by atoms with Crippen LogP contribution in [0.4, 0.5) is 4.39 Å². The number of rotatable bonds is 3. The number of halogens is 2. The average Bonchev–Trinajstić information content (AvgIpc) is 3.10. The first-order valence-corrected chi connectivity index (χ1v) is 9.62. The number of piperazine rings is 1. The molecule has 2 aliphatic heterocycles. The molecule has 1 atom stereocenters. The summed E-state index contributed by atoms with van der Waals surface area (Å²) >= 11 is 1.78. The lowest BCUT2D eigenvalue weighted by Crippen LogP contribution is -2.50. The van der Waals surface area contributed by atoms with Gasteiger partial charge in [-0.2, -0.15) is 0 Å². The third-order valence-corrected chi connectivity index (χ3v) is 6.11. The maximum absolute atomic E-state index is 13.6. The van der Waals surface area contributed by atoms with Crippen molar-refractivity contribution >= 4 is 29.7 Å². The SMILES string of the molecule is Cl.O=C(CN1CCNCC1c1cccc(F)c1)N1CCc2sccc2C1. The molecule has 0 aliphatic carbocycles. The number of nitrogens with zero attached hydrogens (tertiary/aromatic N) is 2. The van der Waals surface area contributed by atoms with Gasteiger partial charge in [-0.15, -0.1) is 23.7 Å². The van der Waals surface area contributed by atoms with Gasteiger partial charge in [-0.1, -0.05) is 12.1 Å². The fourth-order valence-corrected chi connectivity index (χ4v) is 4.60. The van der Waals surface area contributed by atoms with Crippen molar-refractivity contribution in [3.05, 3.63) is 57.5 Å². The van der Waals surface area contributed by atoms with Gasteiger partial charge < -0.3 is 10.2 Å². The van der Waals surface area contributed by atoms with Gasteiger partial charge in [-0.25, -0.2) is 4.39 Å². The lowest BCUT2D eigenvalue weighted by molar-refractivity contribution is -0.134. The molecule has 0 spiro atoms. The van der Waals surface area contributed by atoms with E-state index in [0.717, 1.165) is 38.2 Å². The van der Waals surface area contributed by atoms with Crippen molar-refractivity contribution in [2.24, 2.45) is 0 Å². The van der Waals surface area contributed by atoms with Crippen LogP contribution in [0.3, 0.4) is 0 Å². The Kier molecular flexibility index (Phi) is 6.29. The molecule has 1 N–H and O–H groups in total. The molecular weight excluding hydrogens is 373 g/mol. The van der Waals surface area contributed by atoms with Gasteiger partial charge in [0, 0.05) is 43.6 Å². The molecule has 2 aromatic rings. The summed E-state index contributed by atoms with van der Waals surface area (Å²) in [6.45, 7) is 4.30. The van der Waals surface area contributed by atoms with Gasteiger partial charge in [0.25, 0.3) is 0 Å². The molecule has 2 aliphatic rings. The Morgan fingerprint density at radius 1 is 1.31 bits per heavy atom.